The van der Waals surface area contributed by atoms with Crippen LogP contribution in [0.15, 0.2) is 78.9 Å². The first kappa shape index (κ1) is 19.7. The lowest BCUT2D eigenvalue weighted by atomic mass is 10.2. The van der Waals surface area contributed by atoms with E-state index in [4.69, 9.17) is 4.98 Å². The summed E-state index contributed by atoms with van der Waals surface area (Å²) in [6, 6.07) is 26.5. The Morgan fingerprint density at radius 2 is 1.63 bits per heavy atom. The number of aryl methyl sites for hydroxylation is 1. The molecule has 30 heavy (non-hydrogen) atoms. The van der Waals surface area contributed by atoms with Gasteiger partial charge in [0.1, 0.15) is 5.82 Å². The first-order valence-corrected chi connectivity index (χ1v) is 10.2. The number of aromatic nitrogens is 2. The molecule has 5 heteroatoms. The summed E-state index contributed by atoms with van der Waals surface area (Å²) in [6.45, 7) is 0.529. The third-order valence-corrected chi connectivity index (χ3v) is 5.16. The van der Waals surface area contributed by atoms with Gasteiger partial charge < -0.3 is 10.2 Å². The second-order valence-electron chi connectivity index (χ2n) is 7.53. The van der Waals surface area contributed by atoms with Gasteiger partial charge in [-0.15, -0.1) is 0 Å². The standard InChI is InChI=1S/C25H26N4O/c1-28(2)20-14-12-19(13-15-20)18-26-25(30)17-16-24-27-22-10-6-7-11-23(22)29(24)21-8-4-3-5-9-21/h3-15H,16-18H2,1-2H3,(H,26,30). The van der Waals surface area contributed by atoms with Crippen molar-refractivity contribution in [3.63, 3.8) is 0 Å². The lowest BCUT2D eigenvalue weighted by molar-refractivity contribution is -0.121. The Hall–Kier alpha value is -3.60. The minimum Gasteiger partial charge on any atom is -0.378 e. The maximum absolute atomic E-state index is 12.5. The van der Waals surface area contributed by atoms with Gasteiger partial charge in [-0.1, -0.05) is 42.5 Å². The highest BCUT2D eigenvalue weighted by molar-refractivity contribution is 5.79. The number of hydrogen-bond acceptors (Lipinski definition) is 3. The van der Waals surface area contributed by atoms with E-state index in [0.29, 0.717) is 19.4 Å². The minimum absolute atomic E-state index is 0.0263. The number of rotatable bonds is 7. The number of amides is 1. The van der Waals surface area contributed by atoms with E-state index in [1.54, 1.807) is 0 Å². The zero-order valence-electron chi connectivity index (χ0n) is 17.4. The van der Waals surface area contributed by atoms with Crippen molar-refractivity contribution in [2.75, 3.05) is 19.0 Å². The molecular weight excluding hydrogens is 372 g/mol. The first-order chi connectivity index (χ1) is 14.6. The Morgan fingerprint density at radius 3 is 2.37 bits per heavy atom. The van der Waals surface area contributed by atoms with Crippen LogP contribution in [0.4, 0.5) is 5.69 Å². The molecule has 0 atom stereocenters. The van der Waals surface area contributed by atoms with Crippen molar-refractivity contribution in [3.05, 3.63) is 90.3 Å². The average molecular weight is 399 g/mol. The van der Waals surface area contributed by atoms with Crippen molar-refractivity contribution in [1.29, 1.82) is 0 Å². The second-order valence-corrected chi connectivity index (χ2v) is 7.53. The van der Waals surface area contributed by atoms with Gasteiger partial charge in [0.15, 0.2) is 0 Å². The van der Waals surface area contributed by atoms with Crippen LogP contribution >= 0.6 is 0 Å². The van der Waals surface area contributed by atoms with E-state index in [9.17, 15) is 4.79 Å². The zero-order valence-corrected chi connectivity index (χ0v) is 17.4. The third-order valence-electron chi connectivity index (χ3n) is 5.16. The van der Waals surface area contributed by atoms with E-state index in [1.165, 1.54) is 0 Å². The molecule has 1 amide bonds. The Balaban J connectivity index is 1.44. The maximum Gasteiger partial charge on any atom is 0.220 e. The minimum atomic E-state index is 0.0263. The van der Waals surface area contributed by atoms with Crippen LogP contribution in [0.3, 0.4) is 0 Å². The van der Waals surface area contributed by atoms with Crippen molar-refractivity contribution in [3.8, 4) is 5.69 Å². The largest absolute Gasteiger partial charge is 0.378 e. The molecule has 0 bridgehead atoms. The summed E-state index contributed by atoms with van der Waals surface area (Å²) in [5, 5.41) is 3.02. The fourth-order valence-electron chi connectivity index (χ4n) is 3.54. The van der Waals surface area contributed by atoms with Gasteiger partial charge in [0.2, 0.25) is 5.91 Å². The van der Waals surface area contributed by atoms with Crippen molar-refractivity contribution < 1.29 is 4.79 Å². The van der Waals surface area contributed by atoms with Crippen LogP contribution in [-0.4, -0.2) is 29.6 Å². The molecule has 1 N–H and O–H groups in total. The number of carbonyl (C=O) groups is 1. The normalized spacial score (nSPS) is 10.9. The van der Waals surface area contributed by atoms with E-state index < -0.39 is 0 Å². The van der Waals surface area contributed by atoms with Gasteiger partial charge in [0.05, 0.1) is 11.0 Å². The number of hydrogen-bond donors (Lipinski definition) is 1. The van der Waals surface area contributed by atoms with Crippen molar-refractivity contribution in [1.82, 2.24) is 14.9 Å². The lowest BCUT2D eigenvalue weighted by Crippen LogP contribution is -2.23. The Kier molecular flexibility index (Phi) is 5.80. The zero-order chi connectivity index (χ0) is 20.9. The second kappa shape index (κ2) is 8.82. The number of benzene rings is 3. The smallest absolute Gasteiger partial charge is 0.220 e. The highest BCUT2D eigenvalue weighted by Crippen LogP contribution is 2.22. The predicted octanol–water partition coefficient (Wildman–Crippen LogP) is 4.34. The van der Waals surface area contributed by atoms with E-state index >= 15 is 0 Å². The topological polar surface area (TPSA) is 50.2 Å². The fraction of sp³-hybridized carbons (Fsp3) is 0.200. The van der Waals surface area contributed by atoms with Crippen LogP contribution in [0.1, 0.15) is 17.8 Å². The SMILES string of the molecule is CN(C)c1ccc(CNC(=O)CCc2nc3ccccc3n2-c2ccccc2)cc1. The van der Waals surface area contributed by atoms with E-state index in [1.807, 2.05) is 62.6 Å². The molecule has 0 spiro atoms. The highest BCUT2D eigenvalue weighted by atomic mass is 16.1. The van der Waals surface area contributed by atoms with Crippen LogP contribution in [-0.2, 0) is 17.8 Å². The number of anilines is 1. The molecule has 0 radical (unpaired) electrons. The van der Waals surface area contributed by atoms with Crippen LogP contribution in [0, 0.1) is 0 Å². The van der Waals surface area contributed by atoms with Gasteiger partial charge in [-0.25, -0.2) is 4.98 Å². The van der Waals surface area contributed by atoms with Crippen LogP contribution < -0.4 is 10.2 Å². The monoisotopic (exact) mass is 398 g/mol. The molecule has 1 aromatic heterocycles. The number of para-hydroxylation sites is 3. The first-order valence-electron chi connectivity index (χ1n) is 10.2. The number of nitrogens with zero attached hydrogens (tertiary/aromatic N) is 3. The summed E-state index contributed by atoms with van der Waals surface area (Å²) in [5.41, 5.74) is 5.29. The van der Waals surface area contributed by atoms with Gasteiger partial charge in [-0.2, -0.15) is 0 Å². The quantitative estimate of drug-likeness (QED) is 0.504. The van der Waals surface area contributed by atoms with Gasteiger partial charge >= 0.3 is 0 Å². The molecule has 5 nitrogen and oxygen atoms in total. The average Bonchev–Trinajstić information content (AvgIpc) is 3.15. The summed E-state index contributed by atoms with van der Waals surface area (Å²) in [6.07, 6.45) is 0.973. The van der Waals surface area contributed by atoms with Crippen LogP contribution in [0.5, 0.6) is 0 Å². The van der Waals surface area contributed by atoms with E-state index in [2.05, 4.69) is 45.1 Å². The molecule has 0 saturated heterocycles. The number of imidazole rings is 1. The third kappa shape index (κ3) is 4.35. The Bertz CT molecular complexity index is 1130. The summed E-state index contributed by atoms with van der Waals surface area (Å²) in [4.78, 5) is 19.3. The van der Waals surface area contributed by atoms with Gasteiger partial charge in [-0.3, -0.25) is 9.36 Å². The van der Waals surface area contributed by atoms with Gasteiger partial charge in [-0.05, 0) is 42.0 Å². The molecule has 0 aliphatic heterocycles. The molecule has 4 aromatic rings. The highest BCUT2D eigenvalue weighted by Gasteiger charge is 2.13. The molecular formula is C25H26N4O. The molecule has 1 heterocycles. The molecule has 0 aliphatic carbocycles. The fourth-order valence-corrected chi connectivity index (χ4v) is 3.54. The molecule has 0 unspecified atom stereocenters. The van der Waals surface area contributed by atoms with Crippen molar-refractivity contribution in [2.24, 2.45) is 0 Å². The van der Waals surface area contributed by atoms with Crippen LogP contribution in [0.25, 0.3) is 16.7 Å². The lowest BCUT2D eigenvalue weighted by Gasteiger charge is -2.13. The number of fused-ring (bicyclic) bond motifs is 1. The number of nitrogens with one attached hydrogen (secondary N) is 1. The maximum atomic E-state index is 12.5. The molecule has 0 fully saturated rings. The van der Waals surface area contributed by atoms with E-state index in [-0.39, 0.29) is 5.91 Å². The molecule has 152 valence electrons. The summed E-state index contributed by atoms with van der Waals surface area (Å²) < 4.78 is 2.14. The number of carbonyl (C=O) groups excluding carboxylic acids is 1. The molecule has 4 rings (SSSR count). The van der Waals surface area contributed by atoms with E-state index in [0.717, 1.165) is 33.8 Å². The molecule has 0 saturated carbocycles. The predicted molar refractivity (Wildman–Crippen MR) is 122 cm³/mol. The molecule has 3 aromatic carbocycles. The summed E-state index contributed by atoms with van der Waals surface area (Å²) in [7, 11) is 4.03. The van der Waals surface area contributed by atoms with Gasteiger partial charge in [0, 0.05) is 44.9 Å². The summed E-state index contributed by atoms with van der Waals surface area (Å²) >= 11 is 0. The Labute approximate surface area is 177 Å². The molecule has 0 aliphatic rings. The Morgan fingerprint density at radius 1 is 0.933 bits per heavy atom. The van der Waals surface area contributed by atoms with Gasteiger partial charge in [0.25, 0.3) is 0 Å². The van der Waals surface area contributed by atoms with Crippen molar-refractivity contribution >= 4 is 22.6 Å². The van der Waals surface area contributed by atoms with Crippen molar-refractivity contribution in [2.45, 2.75) is 19.4 Å². The summed E-state index contributed by atoms with van der Waals surface area (Å²) in [5.74, 6) is 0.922. The van der Waals surface area contributed by atoms with Crippen LogP contribution in [0.2, 0.25) is 0 Å².